The van der Waals surface area contributed by atoms with Crippen molar-refractivity contribution in [1.29, 1.82) is 0 Å². The molecule has 0 unspecified atom stereocenters. The van der Waals surface area contributed by atoms with Crippen LogP contribution in [0.3, 0.4) is 0 Å². The van der Waals surface area contributed by atoms with Crippen LogP contribution < -0.4 is 4.74 Å². The quantitative estimate of drug-likeness (QED) is 0.802. The maximum absolute atomic E-state index is 13.7. The number of halogens is 1. The monoisotopic (exact) mass is 251 g/mol. The third kappa shape index (κ3) is 2.50. The van der Waals surface area contributed by atoms with E-state index in [1.807, 2.05) is 0 Å². The second kappa shape index (κ2) is 5.16. The predicted molar refractivity (Wildman–Crippen MR) is 63.1 cm³/mol. The van der Waals surface area contributed by atoms with Crippen LogP contribution in [0.4, 0.5) is 4.39 Å². The van der Waals surface area contributed by atoms with Gasteiger partial charge in [0.25, 0.3) is 5.91 Å². The van der Waals surface area contributed by atoms with E-state index < -0.39 is 11.7 Å². The van der Waals surface area contributed by atoms with E-state index in [-0.39, 0.29) is 17.9 Å². The van der Waals surface area contributed by atoms with Gasteiger partial charge >= 0.3 is 0 Å². The first kappa shape index (κ1) is 12.5. The molecule has 1 fully saturated rings. The van der Waals surface area contributed by atoms with Gasteiger partial charge in [-0.05, 0) is 18.6 Å². The lowest BCUT2D eigenvalue weighted by Crippen LogP contribution is -2.40. The fraction of sp³-hybridized carbons (Fsp3) is 0.385. The molecule has 18 heavy (non-hydrogen) atoms. The van der Waals surface area contributed by atoms with E-state index in [2.05, 4.69) is 0 Å². The van der Waals surface area contributed by atoms with Gasteiger partial charge in [0, 0.05) is 19.0 Å². The number of carbonyl (C=O) groups is 2. The summed E-state index contributed by atoms with van der Waals surface area (Å²) in [5.74, 6) is -0.692. The number of nitrogens with zero attached hydrogens (tertiary/aromatic N) is 1. The molecule has 1 amide bonds. The lowest BCUT2D eigenvalue weighted by Gasteiger charge is -2.26. The first-order valence-corrected chi connectivity index (χ1v) is 5.76. The summed E-state index contributed by atoms with van der Waals surface area (Å²) in [6.07, 6.45) is 1.14. The lowest BCUT2D eigenvalue weighted by molar-refractivity contribution is -0.121. The third-order valence-corrected chi connectivity index (χ3v) is 2.94. The van der Waals surface area contributed by atoms with Crippen molar-refractivity contribution in [2.45, 2.75) is 12.8 Å². The molecule has 0 atom stereocenters. The van der Waals surface area contributed by atoms with Crippen molar-refractivity contribution < 1.29 is 18.7 Å². The molecule has 1 aromatic rings. The Balaban J connectivity index is 2.20. The SMILES string of the molecule is COc1ccc(C(=O)N2CCCC(=O)C2)c(F)c1. The highest BCUT2D eigenvalue weighted by atomic mass is 19.1. The molecule has 0 aromatic heterocycles. The van der Waals surface area contributed by atoms with Crippen LogP contribution in [-0.2, 0) is 4.79 Å². The Bertz CT molecular complexity index is 487. The number of hydrogen-bond donors (Lipinski definition) is 0. The van der Waals surface area contributed by atoms with Gasteiger partial charge in [-0.15, -0.1) is 0 Å². The third-order valence-electron chi connectivity index (χ3n) is 2.94. The molecule has 1 saturated heterocycles. The van der Waals surface area contributed by atoms with Gasteiger partial charge in [-0.1, -0.05) is 0 Å². The molecule has 1 aliphatic rings. The zero-order chi connectivity index (χ0) is 13.1. The van der Waals surface area contributed by atoms with Crippen molar-refractivity contribution >= 4 is 11.7 Å². The summed E-state index contributed by atoms with van der Waals surface area (Å²) in [4.78, 5) is 24.7. The summed E-state index contributed by atoms with van der Waals surface area (Å²) in [6, 6.07) is 4.08. The van der Waals surface area contributed by atoms with E-state index >= 15 is 0 Å². The Hall–Kier alpha value is -1.91. The van der Waals surface area contributed by atoms with Gasteiger partial charge < -0.3 is 9.64 Å². The van der Waals surface area contributed by atoms with Gasteiger partial charge in [0.2, 0.25) is 0 Å². The Labute approximate surface area is 104 Å². The predicted octanol–water partition coefficient (Wildman–Crippen LogP) is 1.64. The first-order valence-electron chi connectivity index (χ1n) is 5.76. The summed E-state index contributed by atoms with van der Waals surface area (Å²) >= 11 is 0. The highest BCUT2D eigenvalue weighted by Gasteiger charge is 2.24. The summed E-state index contributed by atoms with van der Waals surface area (Å²) in [5.41, 5.74) is -0.0227. The van der Waals surface area contributed by atoms with E-state index in [0.29, 0.717) is 25.1 Å². The molecule has 4 nitrogen and oxygen atoms in total. The molecule has 1 aliphatic heterocycles. The molecule has 1 aromatic carbocycles. The molecular weight excluding hydrogens is 237 g/mol. The molecule has 96 valence electrons. The van der Waals surface area contributed by atoms with Crippen LogP contribution in [0.5, 0.6) is 5.75 Å². The number of Topliss-reactive ketones (excluding diaryl/α,β-unsaturated/α-hetero) is 1. The van der Waals surface area contributed by atoms with Crippen molar-refractivity contribution in [3.05, 3.63) is 29.6 Å². The van der Waals surface area contributed by atoms with E-state index in [4.69, 9.17) is 4.74 Å². The summed E-state index contributed by atoms with van der Waals surface area (Å²) in [7, 11) is 1.43. The molecule has 2 rings (SSSR count). The number of hydrogen-bond acceptors (Lipinski definition) is 3. The van der Waals surface area contributed by atoms with E-state index in [1.165, 1.54) is 30.2 Å². The fourth-order valence-corrected chi connectivity index (χ4v) is 1.98. The van der Waals surface area contributed by atoms with E-state index in [9.17, 15) is 14.0 Å². The second-order valence-corrected chi connectivity index (χ2v) is 4.21. The zero-order valence-electron chi connectivity index (χ0n) is 10.1. The summed E-state index contributed by atoms with van der Waals surface area (Å²) in [5, 5.41) is 0. The fourth-order valence-electron chi connectivity index (χ4n) is 1.98. The minimum Gasteiger partial charge on any atom is -0.497 e. The molecule has 5 heteroatoms. The van der Waals surface area contributed by atoms with Crippen LogP contribution in [0, 0.1) is 5.82 Å². The molecule has 0 spiro atoms. The largest absolute Gasteiger partial charge is 0.497 e. The average molecular weight is 251 g/mol. The molecule has 0 radical (unpaired) electrons. The number of amides is 1. The maximum atomic E-state index is 13.7. The van der Waals surface area contributed by atoms with Crippen LogP contribution in [0.15, 0.2) is 18.2 Å². The van der Waals surface area contributed by atoms with Crippen LogP contribution in [0.25, 0.3) is 0 Å². The number of methoxy groups -OCH3 is 1. The Kier molecular flexibility index (Phi) is 3.60. The van der Waals surface area contributed by atoms with Crippen LogP contribution >= 0.6 is 0 Å². The number of ether oxygens (including phenoxy) is 1. The van der Waals surface area contributed by atoms with Crippen LogP contribution in [0.1, 0.15) is 23.2 Å². The van der Waals surface area contributed by atoms with Gasteiger partial charge in [0.15, 0.2) is 5.78 Å². The zero-order valence-corrected chi connectivity index (χ0v) is 10.1. The minimum atomic E-state index is -0.627. The number of rotatable bonds is 2. The summed E-state index contributed by atoms with van der Waals surface area (Å²) < 4.78 is 18.6. The second-order valence-electron chi connectivity index (χ2n) is 4.21. The van der Waals surface area contributed by atoms with E-state index in [0.717, 1.165) is 0 Å². The first-order chi connectivity index (χ1) is 8.61. The smallest absolute Gasteiger partial charge is 0.257 e. The van der Waals surface area contributed by atoms with Gasteiger partial charge in [-0.2, -0.15) is 0 Å². The molecule has 0 bridgehead atoms. The van der Waals surface area contributed by atoms with Gasteiger partial charge in [-0.3, -0.25) is 9.59 Å². The van der Waals surface area contributed by atoms with Crippen molar-refractivity contribution in [1.82, 2.24) is 4.90 Å². The standard InChI is InChI=1S/C13H14FNO3/c1-18-10-4-5-11(12(14)7-10)13(17)15-6-2-3-9(16)8-15/h4-5,7H,2-3,6,8H2,1H3. The number of carbonyl (C=O) groups excluding carboxylic acids is 2. The minimum absolute atomic E-state index is 0.0171. The van der Waals surface area contributed by atoms with Crippen LogP contribution in [0.2, 0.25) is 0 Å². The normalized spacial score (nSPS) is 15.7. The van der Waals surface area contributed by atoms with Crippen molar-refractivity contribution in [2.75, 3.05) is 20.2 Å². The summed E-state index contributed by atoms with van der Waals surface area (Å²) in [6.45, 7) is 0.570. The Morgan fingerprint density at radius 3 is 2.83 bits per heavy atom. The highest BCUT2D eigenvalue weighted by molar-refractivity contribution is 5.97. The number of ketones is 1. The molecule has 1 heterocycles. The average Bonchev–Trinajstić information content (AvgIpc) is 2.37. The topological polar surface area (TPSA) is 46.6 Å². The highest BCUT2D eigenvalue weighted by Crippen LogP contribution is 2.19. The number of piperidine rings is 1. The number of benzene rings is 1. The van der Waals surface area contributed by atoms with Gasteiger partial charge in [0.05, 0.1) is 19.2 Å². The molecule has 0 aliphatic carbocycles. The van der Waals surface area contributed by atoms with Gasteiger partial charge in [-0.25, -0.2) is 4.39 Å². The Morgan fingerprint density at radius 2 is 2.22 bits per heavy atom. The van der Waals surface area contributed by atoms with Crippen LogP contribution in [-0.4, -0.2) is 36.8 Å². The molecule has 0 N–H and O–H groups in total. The van der Waals surface area contributed by atoms with Crippen molar-refractivity contribution in [3.63, 3.8) is 0 Å². The lowest BCUT2D eigenvalue weighted by atomic mass is 10.1. The maximum Gasteiger partial charge on any atom is 0.257 e. The molecule has 0 saturated carbocycles. The number of likely N-dealkylation sites (tertiary alicyclic amines) is 1. The van der Waals surface area contributed by atoms with E-state index in [1.54, 1.807) is 0 Å². The molecular formula is C13H14FNO3. The Morgan fingerprint density at radius 1 is 1.44 bits per heavy atom. The van der Waals surface area contributed by atoms with Crippen molar-refractivity contribution in [3.8, 4) is 5.75 Å². The van der Waals surface area contributed by atoms with Gasteiger partial charge in [0.1, 0.15) is 11.6 Å². The van der Waals surface area contributed by atoms with Crippen molar-refractivity contribution in [2.24, 2.45) is 0 Å².